The maximum absolute atomic E-state index is 13.2. The van der Waals surface area contributed by atoms with Gasteiger partial charge in [0, 0.05) is 6.54 Å². The highest BCUT2D eigenvalue weighted by atomic mass is 32.1. The zero-order chi connectivity index (χ0) is 19.1. The van der Waals surface area contributed by atoms with Crippen molar-refractivity contribution in [1.82, 2.24) is 14.9 Å². The Bertz CT molecular complexity index is 1020. The molecular formula is C21H21N5OS. The molecule has 0 radical (unpaired) electrons. The lowest BCUT2D eigenvalue weighted by Gasteiger charge is -2.32. The van der Waals surface area contributed by atoms with Crippen LogP contribution in [0.4, 0.5) is 10.6 Å². The molecule has 1 aromatic carbocycles. The first kappa shape index (κ1) is 17.2. The Morgan fingerprint density at radius 3 is 2.82 bits per heavy atom. The third-order valence-electron chi connectivity index (χ3n) is 5.10. The number of amides is 2. The van der Waals surface area contributed by atoms with Gasteiger partial charge in [-0.1, -0.05) is 43.3 Å². The number of carbonyl (C=O) groups excluding carboxylic acids is 1. The Kier molecular flexibility index (Phi) is 4.24. The van der Waals surface area contributed by atoms with Crippen molar-refractivity contribution >= 4 is 29.0 Å². The average molecular weight is 392 g/mol. The van der Waals surface area contributed by atoms with Crippen molar-refractivity contribution in [1.29, 1.82) is 0 Å². The molecule has 1 N–H and O–H groups in total. The lowest BCUT2D eigenvalue weighted by Crippen LogP contribution is -2.50. The normalized spacial score (nSPS) is 18.2. The molecule has 4 heterocycles. The van der Waals surface area contributed by atoms with Gasteiger partial charge in [0.1, 0.15) is 5.69 Å². The summed E-state index contributed by atoms with van der Waals surface area (Å²) < 4.78 is 0. The molecule has 0 aliphatic carbocycles. The summed E-state index contributed by atoms with van der Waals surface area (Å²) in [6.45, 7) is 3.33. The molecule has 0 saturated heterocycles. The number of aliphatic imine (C=N–C) groups is 1. The molecule has 0 fully saturated rings. The number of urea groups is 1. The van der Waals surface area contributed by atoms with Crippen molar-refractivity contribution in [3.05, 3.63) is 59.1 Å². The largest absolute Gasteiger partial charge is 0.333 e. The highest BCUT2D eigenvalue weighted by Gasteiger charge is 2.42. The van der Waals surface area contributed by atoms with Crippen LogP contribution in [0.2, 0.25) is 0 Å². The Balaban J connectivity index is 1.53. The van der Waals surface area contributed by atoms with Gasteiger partial charge in [-0.3, -0.25) is 14.8 Å². The lowest BCUT2D eigenvalue weighted by atomic mass is 10.1. The molecule has 0 bridgehead atoms. The number of carbonyl (C=O) groups is 1. The Hall–Kier alpha value is -2.93. The summed E-state index contributed by atoms with van der Waals surface area (Å²) in [6, 6.07) is 14.4. The van der Waals surface area contributed by atoms with Crippen LogP contribution in [0.3, 0.4) is 0 Å². The fourth-order valence-corrected chi connectivity index (χ4v) is 4.52. The van der Waals surface area contributed by atoms with E-state index in [1.54, 1.807) is 16.2 Å². The zero-order valence-corrected chi connectivity index (χ0v) is 16.4. The van der Waals surface area contributed by atoms with Crippen LogP contribution < -0.4 is 4.90 Å². The number of hydrogen-bond donors (Lipinski definition) is 1. The molecule has 2 aliphatic heterocycles. The maximum Gasteiger partial charge on any atom is 0.331 e. The second-order valence-corrected chi connectivity index (χ2v) is 8.05. The van der Waals surface area contributed by atoms with Gasteiger partial charge in [0.2, 0.25) is 0 Å². The predicted octanol–water partition coefficient (Wildman–Crippen LogP) is 4.16. The molecule has 1 atom stereocenters. The van der Waals surface area contributed by atoms with Crippen LogP contribution in [0.5, 0.6) is 0 Å². The second kappa shape index (κ2) is 6.91. The van der Waals surface area contributed by atoms with Crippen LogP contribution in [-0.4, -0.2) is 45.9 Å². The lowest BCUT2D eigenvalue weighted by molar-refractivity contribution is 0.226. The van der Waals surface area contributed by atoms with Gasteiger partial charge in [-0.15, -0.1) is 11.3 Å². The number of nitrogens with one attached hydrogen (secondary N) is 1. The van der Waals surface area contributed by atoms with Crippen molar-refractivity contribution in [3.8, 4) is 10.7 Å². The van der Waals surface area contributed by atoms with Crippen molar-refractivity contribution in [2.24, 2.45) is 4.99 Å². The van der Waals surface area contributed by atoms with Gasteiger partial charge in [0.05, 0.1) is 17.5 Å². The SMILES string of the molecule is CCCN1C(=O)N2C[C@@H](Cc3ccccc3)N=C2c2[nH]c(-c3cccs3)nc21. The molecule has 7 heteroatoms. The number of benzene rings is 1. The summed E-state index contributed by atoms with van der Waals surface area (Å²) >= 11 is 1.63. The summed E-state index contributed by atoms with van der Waals surface area (Å²) in [5.41, 5.74) is 2.09. The monoisotopic (exact) mass is 391 g/mol. The number of anilines is 1. The molecular weight excluding hydrogens is 370 g/mol. The number of fused-ring (bicyclic) bond motifs is 3. The minimum Gasteiger partial charge on any atom is -0.333 e. The predicted molar refractivity (Wildman–Crippen MR) is 112 cm³/mol. The van der Waals surface area contributed by atoms with E-state index in [0.29, 0.717) is 18.9 Å². The number of aromatic nitrogens is 2. The van der Waals surface area contributed by atoms with Crippen molar-refractivity contribution in [3.63, 3.8) is 0 Å². The first-order valence-corrected chi connectivity index (χ1v) is 10.5. The summed E-state index contributed by atoms with van der Waals surface area (Å²) in [5.74, 6) is 2.22. The molecule has 5 rings (SSSR count). The standard InChI is InChI=1S/C21H21N5OS/c1-2-10-25-20-17(23-18(24-20)16-9-6-11-28-16)19-22-15(13-26(19)21(25)27)12-14-7-4-3-5-8-14/h3-9,11,15H,2,10,12-13H2,1H3,(H,23,24)/t15-/m1/s1. The van der Waals surface area contributed by atoms with Gasteiger partial charge in [-0.2, -0.15) is 0 Å². The smallest absolute Gasteiger partial charge is 0.331 e. The minimum absolute atomic E-state index is 0.0205. The van der Waals surface area contributed by atoms with E-state index in [1.165, 1.54) is 5.56 Å². The van der Waals surface area contributed by atoms with E-state index in [-0.39, 0.29) is 12.1 Å². The Morgan fingerprint density at radius 2 is 2.07 bits per heavy atom. The number of hydrogen-bond acceptors (Lipinski definition) is 4. The molecule has 0 spiro atoms. The number of H-pyrrole nitrogens is 1. The van der Waals surface area contributed by atoms with E-state index in [1.807, 2.05) is 40.6 Å². The zero-order valence-electron chi connectivity index (χ0n) is 15.6. The molecule has 2 amide bonds. The molecule has 28 heavy (non-hydrogen) atoms. The van der Waals surface area contributed by atoms with E-state index in [2.05, 4.69) is 24.0 Å². The molecule has 3 aromatic rings. The second-order valence-electron chi connectivity index (χ2n) is 7.10. The fourth-order valence-electron chi connectivity index (χ4n) is 3.85. The third kappa shape index (κ3) is 2.82. The van der Waals surface area contributed by atoms with Gasteiger partial charge in [-0.05, 0) is 29.9 Å². The van der Waals surface area contributed by atoms with Gasteiger partial charge in [0.15, 0.2) is 17.5 Å². The van der Waals surface area contributed by atoms with E-state index in [0.717, 1.165) is 35.1 Å². The topological polar surface area (TPSA) is 64.6 Å². The van der Waals surface area contributed by atoms with E-state index >= 15 is 0 Å². The highest BCUT2D eigenvalue weighted by Crippen LogP contribution is 2.34. The molecule has 2 aromatic heterocycles. The minimum atomic E-state index is -0.0205. The van der Waals surface area contributed by atoms with Crippen LogP contribution >= 0.6 is 11.3 Å². The van der Waals surface area contributed by atoms with Crippen LogP contribution in [0.15, 0.2) is 52.8 Å². The van der Waals surface area contributed by atoms with E-state index in [4.69, 9.17) is 9.98 Å². The molecule has 142 valence electrons. The summed E-state index contributed by atoms with van der Waals surface area (Å²) in [4.78, 5) is 30.9. The van der Waals surface area contributed by atoms with Crippen LogP contribution in [0.25, 0.3) is 10.7 Å². The summed E-state index contributed by atoms with van der Waals surface area (Å²) in [7, 11) is 0. The first-order chi connectivity index (χ1) is 13.7. The van der Waals surface area contributed by atoms with Crippen molar-refractivity contribution in [2.75, 3.05) is 18.0 Å². The third-order valence-corrected chi connectivity index (χ3v) is 5.97. The summed E-state index contributed by atoms with van der Waals surface area (Å²) in [5, 5.41) is 2.03. The number of imidazole rings is 1. The maximum atomic E-state index is 13.2. The quantitative estimate of drug-likeness (QED) is 0.710. The van der Waals surface area contributed by atoms with Gasteiger partial charge in [-0.25, -0.2) is 9.78 Å². The van der Waals surface area contributed by atoms with Gasteiger partial charge < -0.3 is 4.98 Å². The number of nitrogens with zero attached hydrogens (tertiary/aromatic N) is 4. The number of amidine groups is 1. The molecule has 0 saturated carbocycles. The van der Waals surface area contributed by atoms with Crippen LogP contribution in [0.1, 0.15) is 24.6 Å². The molecule has 2 aliphatic rings. The number of aromatic amines is 1. The number of rotatable bonds is 5. The van der Waals surface area contributed by atoms with Crippen LogP contribution in [0, 0.1) is 0 Å². The van der Waals surface area contributed by atoms with Gasteiger partial charge in [0.25, 0.3) is 0 Å². The van der Waals surface area contributed by atoms with E-state index in [9.17, 15) is 4.79 Å². The van der Waals surface area contributed by atoms with Crippen LogP contribution in [-0.2, 0) is 6.42 Å². The van der Waals surface area contributed by atoms with Crippen molar-refractivity contribution < 1.29 is 4.79 Å². The fraction of sp³-hybridized carbons (Fsp3) is 0.286. The first-order valence-electron chi connectivity index (χ1n) is 9.59. The van der Waals surface area contributed by atoms with Crippen molar-refractivity contribution in [2.45, 2.75) is 25.8 Å². The van der Waals surface area contributed by atoms with Gasteiger partial charge >= 0.3 is 6.03 Å². The highest BCUT2D eigenvalue weighted by molar-refractivity contribution is 7.13. The molecule has 0 unspecified atom stereocenters. The number of thiophene rings is 1. The summed E-state index contributed by atoms with van der Waals surface area (Å²) in [6.07, 6.45) is 1.70. The Labute approximate surface area is 167 Å². The average Bonchev–Trinajstić information content (AvgIpc) is 3.44. The Morgan fingerprint density at radius 1 is 1.21 bits per heavy atom. The van der Waals surface area contributed by atoms with E-state index < -0.39 is 0 Å². The molecule has 6 nitrogen and oxygen atoms in total.